The van der Waals surface area contributed by atoms with E-state index in [0.29, 0.717) is 6.42 Å². The van der Waals surface area contributed by atoms with E-state index in [1.165, 1.54) is 4.57 Å². The van der Waals surface area contributed by atoms with Crippen LogP contribution in [0.15, 0.2) is 59.7 Å². The number of hydrogen-bond donors (Lipinski definition) is 1. The number of benzene rings is 2. The molecule has 0 unspecified atom stereocenters. The summed E-state index contributed by atoms with van der Waals surface area (Å²) >= 11 is 0. The first-order chi connectivity index (χ1) is 15.9. The fourth-order valence-electron chi connectivity index (χ4n) is 4.41. The first kappa shape index (κ1) is 22.7. The van der Waals surface area contributed by atoms with Crippen LogP contribution in [0.3, 0.4) is 0 Å². The number of carbonyl (C=O) groups is 1. The van der Waals surface area contributed by atoms with E-state index in [1.54, 1.807) is 19.3 Å². The van der Waals surface area contributed by atoms with Crippen LogP contribution in [0.1, 0.15) is 39.9 Å². The van der Waals surface area contributed by atoms with E-state index < -0.39 is 0 Å². The maximum absolute atomic E-state index is 13.2. The number of unbranched alkanes of at least 4 members (excludes halogenated alkanes) is 1. The second-order valence-corrected chi connectivity index (χ2v) is 8.55. The van der Waals surface area contributed by atoms with Crippen LogP contribution in [-0.4, -0.2) is 31.8 Å². The summed E-state index contributed by atoms with van der Waals surface area (Å²) in [7, 11) is 3.60. The van der Waals surface area contributed by atoms with Crippen molar-refractivity contribution in [1.29, 1.82) is 0 Å². The first-order valence-corrected chi connectivity index (χ1v) is 11.2. The van der Waals surface area contributed by atoms with Gasteiger partial charge in [0.25, 0.3) is 5.56 Å². The van der Waals surface area contributed by atoms with E-state index >= 15 is 0 Å². The lowest BCUT2D eigenvalue weighted by Crippen LogP contribution is -2.25. The van der Waals surface area contributed by atoms with Crippen LogP contribution in [-0.2, 0) is 26.9 Å². The summed E-state index contributed by atoms with van der Waals surface area (Å²) in [5.41, 5.74) is 6.00. The van der Waals surface area contributed by atoms with Gasteiger partial charge in [0.2, 0.25) is 0 Å². The predicted octanol–water partition coefficient (Wildman–Crippen LogP) is 3.99. The SMILES string of the molecule is Cc1c(CC(=O)c2cc(CCCCO)cn(C)c2=O)cccc1-c1cccc2c1cnn2C. The molecule has 6 heteroatoms. The quantitative estimate of drug-likeness (QED) is 0.330. The van der Waals surface area contributed by atoms with Crippen molar-refractivity contribution in [2.24, 2.45) is 14.1 Å². The van der Waals surface area contributed by atoms with Gasteiger partial charge in [0, 0.05) is 38.7 Å². The summed E-state index contributed by atoms with van der Waals surface area (Å²) in [6, 6.07) is 13.8. The Labute approximate surface area is 193 Å². The number of carbonyl (C=O) groups excluding carboxylic acids is 1. The lowest BCUT2D eigenvalue weighted by Gasteiger charge is -2.13. The maximum atomic E-state index is 13.2. The molecule has 0 bridgehead atoms. The van der Waals surface area contributed by atoms with Crippen LogP contribution in [0, 0.1) is 6.92 Å². The molecule has 0 saturated carbocycles. The lowest BCUT2D eigenvalue weighted by atomic mass is 9.91. The molecule has 0 aliphatic heterocycles. The highest BCUT2D eigenvalue weighted by molar-refractivity contribution is 5.99. The van der Waals surface area contributed by atoms with Gasteiger partial charge in [-0.2, -0.15) is 5.10 Å². The fraction of sp³-hybridized carbons (Fsp3) is 0.296. The van der Waals surface area contributed by atoms with E-state index in [4.69, 9.17) is 5.11 Å². The van der Waals surface area contributed by atoms with E-state index in [9.17, 15) is 9.59 Å². The van der Waals surface area contributed by atoms with Gasteiger partial charge in [-0.15, -0.1) is 0 Å². The molecule has 2 aromatic heterocycles. The normalized spacial score (nSPS) is 11.3. The minimum absolute atomic E-state index is 0.139. The second-order valence-electron chi connectivity index (χ2n) is 8.55. The van der Waals surface area contributed by atoms with Crippen LogP contribution >= 0.6 is 0 Å². The van der Waals surface area contributed by atoms with E-state index in [-0.39, 0.29) is 29.9 Å². The maximum Gasteiger partial charge on any atom is 0.261 e. The number of aromatic nitrogens is 3. The monoisotopic (exact) mass is 443 g/mol. The number of aliphatic hydroxyl groups is 1. The highest BCUT2D eigenvalue weighted by Gasteiger charge is 2.17. The Morgan fingerprint density at radius 2 is 1.82 bits per heavy atom. The zero-order valence-corrected chi connectivity index (χ0v) is 19.3. The van der Waals surface area contributed by atoms with Gasteiger partial charge in [0.1, 0.15) is 0 Å². The highest BCUT2D eigenvalue weighted by Crippen LogP contribution is 2.32. The average molecular weight is 444 g/mol. The van der Waals surface area contributed by atoms with Crippen LogP contribution in [0.5, 0.6) is 0 Å². The molecular weight excluding hydrogens is 414 g/mol. The van der Waals surface area contributed by atoms with E-state index in [1.807, 2.05) is 49.1 Å². The average Bonchev–Trinajstić information content (AvgIpc) is 3.18. The smallest absolute Gasteiger partial charge is 0.261 e. The molecule has 0 fully saturated rings. The lowest BCUT2D eigenvalue weighted by molar-refractivity contribution is 0.0990. The summed E-state index contributed by atoms with van der Waals surface area (Å²) in [5.74, 6) is -0.181. The number of hydrogen-bond acceptors (Lipinski definition) is 4. The molecule has 2 heterocycles. The van der Waals surface area contributed by atoms with Crippen molar-refractivity contribution >= 4 is 16.7 Å². The third-order valence-corrected chi connectivity index (χ3v) is 6.29. The topological polar surface area (TPSA) is 77.1 Å². The third kappa shape index (κ3) is 4.52. The number of nitrogens with zero attached hydrogens (tertiary/aromatic N) is 3. The number of aryl methyl sites for hydroxylation is 3. The Kier molecular flexibility index (Phi) is 6.56. The fourth-order valence-corrected chi connectivity index (χ4v) is 4.41. The molecule has 0 saturated heterocycles. The molecule has 0 spiro atoms. The van der Waals surface area contributed by atoms with Crippen LogP contribution in [0.25, 0.3) is 22.0 Å². The molecule has 0 aliphatic rings. The summed E-state index contributed by atoms with van der Waals surface area (Å²) in [6.07, 6.45) is 6.03. The Hall–Kier alpha value is -3.51. The van der Waals surface area contributed by atoms with Crippen molar-refractivity contribution < 1.29 is 9.90 Å². The van der Waals surface area contributed by atoms with E-state index in [0.717, 1.165) is 51.6 Å². The van der Waals surface area contributed by atoms with Gasteiger partial charge in [-0.05, 0) is 66.1 Å². The van der Waals surface area contributed by atoms with Crippen LogP contribution in [0.2, 0.25) is 0 Å². The molecule has 0 atom stereocenters. The highest BCUT2D eigenvalue weighted by atomic mass is 16.3. The van der Waals surface area contributed by atoms with Gasteiger partial charge in [-0.25, -0.2) is 0 Å². The van der Waals surface area contributed by atoms with Crippen molar-refractivity contribution in [3.05, 3.63) is 87.5 Å². The Morgan fingerprint density at radius 3 is 2.61 bits per heavy atom. The molecule has 4 aromatic rings. The molecule has 2 aromatic carbocycles. The van der Waals surface area contributed by atoms with Gasteiger partial charge in [0.05, 0.1) is 17.3 Å². The number of ketones is 1. The van der Waals surface area contributed by atoms with Crippen molar-refractivity contribution in [3.8, 4) is 11.1 Å². The number of fused-ring (bicyclic) bond motifs is 1. The second kappa shape index (κ2) is 9.55. The van der Waals surface area contributed by atoms with Gasteiger partial charge < -0.3 is 9.67 Å². The first-order valence-electron chi connectivity index (χ1n) is 11.2. The molecule has 4 rings (SSSR count). The molecule has 0 amide bonds. The number of Topliss-reactive ketones (excluding diaryl/α,β-unsaturated/α-hetero) is 1. The predicted molar refractivity (Wildman–Crippen MR) is 131 cm³/mol. The molecule has 6 nitrogen and oxygen atoms in total. The van der Waals surface area contributed by atoms with Crippen molar-refractivity contribution in [2.45, 2.75) is 32.6 Å². The van der Waals surface area contributed by atoms with Crippen LogP contribution < -0.4 is 5.56 Å². The number of aliphatic hydroxyl groups excluding tert-OH is 1. The van der Waals surface area contributed by atoms with Gasteiger partial charge in [0.15, 0.2) is 5.78 Å². The van der Waals surface area contributed by atoms with Crippen molar-refractivity contribution in [2.75, 3.05) is 6.61 Å². The van der Waals surface area contributed by atoms with Crippen molar-refractivity contribution in [3.63, 3.8) is 0 Å². The molecule has 170 valence electrons. The standard InChI is InChI=1S/C27H29N3O3/c1-18-20(9-6-10-21(18)22-11-7-12-25-24(22)16-28-30(25)3)15-26(32)23-14-19(8-4-5-13-31)17-29(2)27(23)33/h6-7,9-12,14,16-17,31H,4-5,8,13,15H2,1-3H3. The van der Waals surface area contributed by atoms with Crippen LogP contribution in [0.4, 0.5) is 0 Å². The summed E-state index contributed by atoms with van der Waals surface area (Å²) in [4.78, 5) is 25.9. The molecule has 1 N–H and O–H groups in total. The molecular formula is C27H29N3O3. The summed E-state index contributed by atoms with van der Waals surface area (Å²) in [6.45, 7) is 2.16. The van der Waals surface area contributed by atoms with Crippen molar-refractivity contribution in [1.82, 2.24) is 14.3 Å². The minimum Gasteiger partial charge on any atom is -0.396 e. The van der Waals surface area contributed by atoms with Gasteiger partial charge >= 0.3 is 0 Å². The minimum atomic E-state index is -0.278. The Balaban J connectivity index is 1.67. The summed E-state index contributed by atoms with van der Waals surface area (Å²) < 4.78 is 3.33. The zero-order valence-electron chi connectivity index (χ0n) is 19.3. The molecule has 33 heavy (non-hydrogen) atoms. The van der Waals surface area contributed by atoms with Gasteiger partial charge in [-0.3, -0.25) is 14.3 Å². The zero-order chi connectivity index (χ0) is 23.5. The number of pyridine rings is 1. The number of rotatable bonds is 8. The van der Waals surface area contributed by atoms with Gasteiger partial charge in [-0.1, -0.05) is 30.3 Å². The Bertz CT molecular complexity index is 1380. The molecule has 0 aliphatic carbocycles. The third-order valence-electron chi connectivity index (χ3n) is 6.29. The summed E-state index contributed by atoms with van der Waals surface area (Å²) in [5, 5.41) is 14.5. The van der Waals surface area contributed by atoms with E-state index in [2.05, 4.69) is 17.2 Å². The Morgan fingerprint density at radius 1 is 1.06 bits per heavy atom. The largest absolute Gasteiger partial charge is 0.396 e. The molecule has 0 radical (unpaired) electrons.